The lowest BCUT2D eigenvalue weighted by Gasteiger charge is -2.13. The zero-order valence-electron chi connectivity index (χ0n) is 10.2. The van der Waals surface area contributed by atoms with Crippen molar-refractivity contribution in [2.75, 3.05) is 0 Å². The van der Waals surface area contributed by atoms with Crippen molar-refractivity contribution in [3.05, 3.63) is 60.0 Å². The molecule has 1 aromatic carbocycles. The molecule has 2 rings (SSSR count). The predicted molar refractivity (Wildman–Crippen MR) is 71.6 cm³/mol. The molecule has 2 heteroatoms. The highest BCUT2D eigenvalue weighted by Gasteiger charge is 2.09. The first kappa shape index (κ1) is 11.5. The van der Waals surface area contributed by atoms with Crippen LogP contribution in [0.3, 0.4) is 0 Å². The van der Waals surface area contributed by atoms with Crippen LogP contribution in [0.1, 0.15) is 30.9 Å². The third-order valence-corrected chi connectivity index (χ3v) is 2.85. The van der Waals surface area contributed by atoms with E-state index in [9.17, 15) is 5.11 Å². The van der Waals surface area contributed by atoms with Gasteiger partial charge in [0.15, 0.2) is 0 Å². The van der Waals surface area contributed by atoms with Gasteiger partial charge in [-0.15, -0.1) is 0 Å². The number of dihydropyridines is 1. The molecular weight excluding hydrogens is 210 g/mol. The third kappa shape index (κ3) is 2.41. The lowest BCUT2D eigenvalue weighted by Crippen LogP contribution is -2.05. The Morgan fingerprint density at radius 3 is 2.65 bits per heavy atom. The van der Waals surface area contributed by atoms with Crippen LogP contribution >= 0.6 is 0 Å². The summed E-state index contributed by atoms with van der Waals surface area (Å²) < 4.78 is 0. The summed E-state index contributed by atoms with van der Waals surface area (Å²) in [7, 11) is 0. The van der Waals surface area contributed by atoms with Crippen molar-refractivity contribution in [2.24, 2.45) is 0 Å². The van der Waals surface area contributed by atoms with Crippen LogP contribution < -0.4 is 5.32 Å². The number of aromatic hydroxyl groups is 1. The van der Waals surface area contributed by atoms with Crippen molar-refractivity contribution >= 4 is 5.57 Å². The van der Waals surface area contributed by atoms with E-state index in [1.54, 1.807) is 0 Å². The summed E-state index contributed by atoms with van der Waals surface area (Å²) in [6.07, 6.45) is 5.79. The Morgan fingerprint density at radius 2 is 2.06 bits per heavy atom. The molecule has 0 saturated carbocycles. The van der Waals surface area contributed by atoms with E-state index < -0.39 is 0 Å². The molecule has 0 saturated heterocycles. The van der Waals surface area contributed by atoms with Crippen LogP contribution in [0.5, 0.6) is 5.75 Å². The van der Waals surface area contributed by atoms with E-state index in [0.29, 0.717) is 11.7 Å². The Hall–Kier alpha value is -1.96. The second-order valence-corrected chi connectivity index (χ2v) is 4.53. The fourth-order valence-electron chi connectivity index (χ4n) is 1.91. The summed E-state index contributed by atoms with van der Waals surface area (Å²) in [5, 5.41) is 13.0. The van der Waals surface area contributed by atoms with Crippen molar-refractivity contribution in [2.45, 2.75) is 19.8 Å². The van der Waals surface area contributed by atoms with Crippen molar-refractivity contribution in [1.29, 1.82) is 0 Å². The highest BCUT2D eigenvalue weighted by molar-refractivity contribution is 5.78. The Kier molecular flexibility index (Phi) is 3.05. The van der Waals surface area contributed by atoms with Gasteiger partial charge < -0.3 is 10.4 Å². The highest BCUT2D eigenvalue weighted by Crippen LogP contribution is 2.30. The van der Waals surface area contributed by atoms with E-state index in [1.165, 1.54) is 0 Å². The van der Waals surface area contributed by atoms with Crippen molar-refractivity contribution in [1.82, 2.24) is 5.32 Å². The minimum atomic E-state index is 0.330. The van der Waals surface area contributed by atoms with Crippen LogP contribution in [0.4, 0.5) is 0 Å². The number of phenolic OH excluding ortho intramolecular Hbond substituents is 1. The Balaban J connectivity index is 2.38. The standard InChI is InChI=1S/C15H17NO/c1-10(2)14-5-4-12(9-15(14)17)13-6-7-16-11(3)8-13/h4-10,16-17H,3H2,1-2H3. The lowest BCUT2D eigenvalue weighted by atomic mass is 9.96. The van der Waals surface area contributed by atoms with Crippen molar-refractivity contribution in [3.8, 4) is 5.75 Å². The summed E-state index contributed by atoms with van der Waals surface area (Å²) in [6, 6.07) is 5.82. The molecule has 0 radical (unpaired) electrons. The Morgan fingerprint density at radius 1 is 1.29 bits per heavy atom. The monoisotopic (exact) mass is 227 g/mol. The van der Waals surface area contributed by atoms with Gasteiger partial charge in [-0.3, -0.25) is 0 Å². The summed E-state index contributed by atoms with van der Waals surface area (Å²) in [5.41, 5.74) is 3.89. The fraction of sp³-hybridized carbons (Fsp3) is 0.200. The molecule has 2 N–H and O–H groups in total. The number of phenols is 1. The average molecular weight is 227 g/mol. The molecule has 1 aliphatic heterocycles. The van der Waals surface area contributed by atoms with Gasteiger partial charge in [0.05, 0.1) is 0 Å². The average Bonchev–Trinajstić information content (AvgIpc) is 2.28. The SMILES string of the molecule is C=C1C=C(c2ccc(C(C)C)c(O)c2)C=CN1. The molecule has 0 aromatic heterocycles. The first-order valence-corrected chi connectivity index (χ1v) is 5.75. The van der Waals surface area contributed by atoms with Gasteiger partial charge in [-0.05, 0) is 40.8 Å². The van der Waals surface area contributed by atoms with Gasteiger partial charge in [0.1, 0.15) is 5.75 Å². The second-order valence-electron chi connectivity index (χ2n) is 4.53. The Labute approximate surface area is 102 Å². The summed E-state index contributed by atoms with van der Waals surface area (Å²) in [5.74, 6) is 0.688. The molecule has 0 aliphatic carbocycles. The molecule has 0 bridgehead atoms. The van der Waals surface area contributed by atoms with Crippen LogP contribution in [0, 0.1) is 0 Å². The maximum Gasteiger partial charge on any atom is 0.119 e. The zero-order valence-corrected chi connectivity index (χ0v) is 10.2. The molecule has 0 unspecified atom stereocenters. The minimum absolute atomic E-state index is 0.330. The Bertz CT molecular complexity index is 510. The molecule has 0 spiro atoms. The molecule has 1 aliphatic rings. The van der Waals surface area contributed by atoms with Gasteiger partial charge in [-0.2, -0.15) is 0 Å². The van der Waals surface area contributed by atoms with Crippen LogP contribution in [-0.4, -0.2) is 5.11 Å². The van der Waals surface area contributed by atoms with E-state index in [4.69, 9.17) is 0 Å². The van der Waals surface area contributed by atoms with Crippen LogP contribution in [-0.2, 0) is 0 Å². The zero-order chi connectivity index (χ0) is 12.4. The van der Waals surface area contributed by atoms with Gasteiger partial charge >= 0.3 is 0 Å². The molecule has 0 amide bonds. The second kappa shape index (κ2) is 4.50. The number of hydrogen-bond acceptors (Lipinski definition) is 2. The van der Waals surface area contributed by atoms with E-state index >= 15 is 0 Å². The predicted octanol–water partition coefficient (Wildman–Crippen LogP) is 3.53. The van der Waals surface area contributed by atoms with E-state index in [1.807, 2.05) is 36.6 Å². The normalized spacial score (nSPS) is 14.8. The van der Waals surface area contributed by atoms with Crippen LogP contribution in [0.15, 0.2) is 48.8 Å². The molecule has 17 heavy (non-hydrogen) atoms. The first-order chi connectivity index (χ1) is 8.08. The molecule has 0 atom stereocenters. The van der Waals surface area contributed by atoms with Crippen LogP contribution in [0.2, 0.25) is 0 Å². The van der Waals surface area contributed by atoms with Gasteiger partial charge in [0.25, 0.3) is 0 Å². The maximum absolute atomic E-state index is 9.97. The number of benzene rings is 1. The van der Waals surface area contributed by atoms with Crippen LogP contribution in [0.25, 0.3) is 5.57 Å². The number of rotatable bonds is 2. The molecule has 0 fully saturated rings. The van der Waals surface area contributed by atoms with Crippen molar-refractivity contribution in [3.63, 3.8) is 0 Å². The quantitative estimate of drug-likeness (QED) is 0.810. The largest absolute Gasteiger partial charge is 0.508 e. The number of hydrogen-bond donors (Lipinski definition) is 2. The first-order valence-electron chi connectivity index (χ1n) is 5.75. The topological polar surface area (TPSA) is 32.3 Å². The third-order valence-electron chi connectivity index (χ3n) is 2.85. The lowest BCUT2D eigenvalue weighted by molar-refractivity contribution is 0.464. The molecule has 2 nitrogen and oxygen atoms in total. The van der Waals surface area contributed by atoms with Gasteiger partial charge in [0, 0.05) is 11.9 Å². The van der Waals surface area contributed by atoms with Gasteiger partial charge in [-0.1, -0.05) is 32.6 Å². The van der Waals surface area contributed by atoms with E-state index in [-0.39, 0.29) is 0 Å². The molecule has 1 aromatic rings. The van der Waals surface area contributed by atoms with Crippen molar-refractivity contribution < 1.29 is 5.11 Å². The van der Waals surface area contributed by atoms with E-state index in [0.717, 1.165) is 22.4 Å². The summed E-state index contributed by atoms with van der Waals surface area (Å²) in [6.45, 7) is 8.00. The van der Waals surface area contributed by atoms with Gasteiger partial charge in [-0.25, -0.2) is 0 Å². The molecule has 1 heterocycles. The molecule has 88 valence electrons. The number of nitrogens with one attached hydrogen (secondary N) is 1. The smallest absolute Gasteiger partial charge is 0.119 e. The highest BCUT2D eigenvalue weighted by atomic mass is 16.3. The fourth-order valence-corrected chi connectivity index (χ4v) is 1.91. The maximum atomic E-state index is 9.97. The number of allylic oxidation sites excluding steroid dienone is 3. The summed E-state index contributed by atoms with van der Waals surface area (Å²) >= 11 is 0. The minimum Gasteiger partial charge on any atom is -0.508 e. The van der Waals surface area contributed by atoms with E-state index in [2.05, 4.69) is 25.7 Å². The van der Waals surface area contributed by atoms with Gasteiger partial charge in [0.2, 0.25) is 0 Å². The molecular formula is C15H17NO. The summed E-state index contributed by atoms with van der Waals surface area (Å²) in [4.78, 5) is 0.